The molecule has 2 N–H and O–H groups in total. The van der Waals surface area contributed by atoms with Gasteiger partial charge >= 0.3 is 6.09 Å². The van der Waals surface area contributed by atoms with Gasteiger partial charge in [-0.15, -0.1) is 0 Å². The summed E-state index contributed by atoms with van der Waals surface area (Å²) in [6, 6.07) is 0.0931. The third kappa shape index (κ3) is 1.07. The van der Waals surface area contributed by atoms with Crippen molar-refractivity contribution in [2.75, 3.05) is 0 Å². The summed E-state index contributed by atoms with van der Waals surface area (Å²) in [5.74, 6) is 0.323. The van der Waals surface area contributed by atoms with Gasteiger partial charge in [0.25, 0.3) is 0 Å². The zero-order valence-electron chi connectivity index (χ0n) is 6.67. The number of carbonyl (C=O) groups is 2. The Morgan fingerprint density at radius 3 is 2.50 bits per heavy atom. The van der Waals surface area contributed by atoms with Gasteiger partial charge in [0.05, 0.1) is 0 Å². The lowest BCUT2D eigenvalue weighted by molar-refractivity contribution is -0.139. The minimum atomic E-state index is -0.958. The molecule has 0 aromatic carbocycles. The number of ketones is 1. The van der Waals surface area contributed by atoms with Gasteiger partial charge in [0, 0.05) is 18.9 Å². The molecule has 2 fully saturated rings. The SMILES string of the molecule is O=C1CC2(C1)CC(NC(=O)O)C2. The summed E-state index contributed by atoms with van der Waals surface area (Å²) in [6.45, 7) is 0. The largest absolute Gasteiger partial charge is 0.465 e. The summed E-state index contributed by atoms with van der Waals surface area (Å²) in [5, 5.41) is 10.8. The standard InChI is InChI=1S/C8H11NO3/c10-6-3-8(4-6)1-5(2-8)9-7(11)12/h5,9H,1-4H2,(H,11,12). The molecule has 4 heteroatoms. The van der Waals surface area contributed by atoms with E-state index in [1.54, 1.807) is 0 Å². The molecule has 0 unspecified atom stereocenters. The maximum absolute atomic E-state index is 10.7. The second kappa shape index (κ2) is 2.21. The van der Waals surface area contributed by atoms with Gasteiger partial charge < -0.3 is 10.4 Å². The maximum atomic E-state index is 10.7. The number of rotatable bonds is 1. The first-order chi connectivity index (χ1) is 5.60. The Morgan fingerprint density at radius 1 is 1.50 bits per heavy atom. The van der Waals surface area contributed by atoms with Crippen LogP contribution in [0.1, 0.15) is 25.7 Å². The Morgan fingerprint density at radius 2 is 2.08 bits per heavy atom. The maximum Gasteiger partial charge on any atom is 0.404 e. The number of hydrogen-bond donors (Lipinski definition) is 2. The van der Waals surface area contributed by atoms with Crippen molar-refractivity contribution in [3.05, 3.63) is 0 Å². The molecule has 66 valence electrons. The van der Waals surface area contributed by atoms with E-state index in [4.69, 9.17) is 5.11 Å². The minimum Gasteiger partial charge on any atom is -0.465 e. The van der Waals surface area contributed by atoms with Crippen molar-refractivity contribution >= 4 is 11.9 Å². The molecular weight excluding hydrogens is 158 g/mol. The van der Waals surface area contributed by atoms with Gasteiger partial charge in [0.2, 0.25) is 0 Å². The van der Waals surface area contributed by atoms with E-state index >= 15 is 0 Å². The quantitative estimate of drug-likeness (QED) is 0.609. The van der Waals surface area contributed by atoms with Gasteiger partial charge in [0.15, 0.2) is 0 Å². The van der Waals surface area contributed by atoms with E-state index in [2.05, 4.69) is 5.32 Å². The van der Waals surface area contributed by atoms with Crippen LogP contribution in [-0.4, -0.2) is 23.0 Å². The first-order valence-corrected chi connectivity index (χ1v) is 4.11. The minimum absolute atomic E-state index is 0.0931. The van der Waals surface area contributed by atoms with E-state index in [1.165, 1.54) is 0 Å². The molecular formula is C8H11NO3. The average Bonchev–Trinajstić information content (AvgIpc) is 1.78. The van der Waals surface area contributed by atoms with Gasteiger partial charge in [-0.25, -0.2) is 4.79 Å². The smallest absolute Gasteiger partial charge is 0.404 e. The van der Waals surface area contributed by atoms with Crippen LogP contribution in [-0.2, 0) is 4.79 Å². The first-order valence-electron chi connectivity index (χ1n) is 4.11. The topological polar surface area (TPSA) is 66.4 Å². The van der Waals surface area contributed by atoms with Crippen LogP contribution in [0.3, 0.4) is 0 Å². The van der Waals surface area contributed by atoms with Crippen LogP contribution in [0.5, 0.6) is 0 Å². The Hall–Kier alpha value is -1.06. The second-order valence-corrected chi connectivity index (χ2v) is 3.95. The lowest BCUT2D eigenvalue weighted by atomic mass is 9.53. The molecule has 2 aliphatic rings. The Balaban J connectivity index is 1.77. The highest BCUT2D eigenvalue weighted by Crippen LogP contribution is 2.53. The van der Waals surface area contributed by atoms with E-state index in [0.717, 1.165) is 12.8 Å². The fourth-order valence-corrected chi connectivity index (χ4v) is 2.34. The van der Waals surface area contributed by atoms with Crippen LogP contribution in [0.2, 0.25) is 0 Å². The van der Waals surface area contributed by atoms with Crippen molar-refractivity contribution in [3.8, 4) is 0 Å². The second-order valence-electron chi connectivity index (χ2n) is 3.95. The van der Waals surface area contributed by atoms with E-state index in [-0.39, 0.29) is 11.5 Å². The summed E-state index contributed by atoms with van der Waals surface area (Å²) < 4.78 is 0. The predicted molar refractivity (Wildman–Crippen MR) is 40.9 cm³/mol. The van der Waals surface area contributed by atoms with Crippen molar-refractivity contribution in [3.63, 3.8) is 0 Å². The molecule has 0 saturated heterocycles. The third-order valence-corrected chi connectivity index (χ3v) is 2.83. The van der Waals surface area contributed by atoms with Crippen molar-refractivity contribution in [1.29, 1.82) is 0 Å². The summed E-state index contributed by atoms with van der Waals surface area (Å²) in [4.78, 5) is 20.9. The molecule has 0 bridgehead atoms. The van der Waals surface area contributed by atoms with Gasteiger partial charge in [-0.2, -0.15) is 0 Å². The van der Waals surface area contributed by atoms with Crippen LogP contribution in [0.15, 0.2) is 0 Å². The Labute approximate surface area is 69.9 Å². The fraction of sp³-hybridized carbons (Fsp3) is 0.750. The van der Waals surface area contributed by atoms with Crippen LogP contribution in [0.4, 0.5) is 4.79 Å². The molecule has 1 amide bonds. The molecule has 0 aromatic rings. The predicted octanol–water partition coefficient (Wildman–Crippen LogP) is 0.766. The zero-order chi connectivity index (χ0) is 8.77. The van der Waals surface area contributed by atoms with E-state index < -0.39 is 6.09 Å². The van der Waals surface area contributed by atoms with E-state index in [1.807, 2.05) is 0 Å². The van der Waals surface area contributed by atoms with Gasteiger partial charge in [-0.1, -0.05) is 0 Å². The number of hydrogen-bond acceptors (Lipinski definition) is 2. The number of amides is 1. The summed E-state index contributed by atoms with van der Waals surface area (Å²) in [5.41, 5.74) is 0.199. The highest BCUT2D eigenvalue weighted by molar-refractivity contribution is 5.86. The highest BCUT2D eigenvalue weighted by atomic mass is 16.4. The lowest BCUT2D eigenvalue weighted by Gasteiger charge is -2.52. The Bertz CT molecular complexity index is 233. The number of carboxylic acid groups (broad SMARTS) is 1. The van der Waals surface area contributed by atoms with Gasteiger partial charge in [-0.05, 0) is 18.3 Å². The average molecular weight is 169 g/mol. The van der Waals surface area contributed by atoms with Crippen molar-refractivity contribution in [2.45, 2.75) is 31.7 Å². The highest BCUT2D eigenvalue weighted by Gasteiger charge is 2.52. The molecule has 12 heavy (non-hydrogen) atoms. The summed E-state index contributed by atoms with van der Waals surface area (Å²) in [6.07, 6.45) is 2.09. The van der Waals surface area contributed by atoms with Gasteiger partial charge in [-0.3, -0.25) is 4.79 Å². The summed E-state index contributed by atoms with van der Waals surface area (Å²) in [7, 11) is 0. The molecule has 0 aromatic heterocycles. The Kier molecular flexibility index (Phi) is 1.40. The normalized spacial score (nSPS) is 26.2. The van der Waals surface area contributed by atoms with Crippen molar-refractivity contribution < 1.29 is 14.7 Å². The lowest BCUT2D eigenvalue weighted by Crippen LogP contribution is -2.56. The first kappa shape index (κ1) is 7.58. The zero-order valence-corrected chi connectivity index (χ0v) is 6.67. The third-order valence-electron chi connectivity index (χ3n) is 2.83. The van der Waals surface area contributed by atoms with Gasteiger partial charge in [0.1, 0.15) is 5.78 Å². The summed E-state index contributed by atoms with van der Waals surface area (Å²) >= 11 is 0. The molecule has 0 heterocycles. The molecule has 2 saturated carbocycles. The van der Waals surface area contributed by atoms with E-state index in [0.29, 0.717) is 18.6 Å². The molecule has 0 radical (unpaired) electrons. The van der Waals surface area contributed by atoms with Crippen molar-refractivity contribution in [2.24, 2.45) is 5.41 Å². The number of carbonyl (C=O) groups excluding carboxylic acids is 1. The van der Waals surface area contributed by atoms with Crippen LogP contribution >= 0.6 is 0 Å². The van der Waals surface area contributed by atoms with Crippen molar-refractivity contribution in [1.82, 2.24) is 5.32 Å². The fourth-order valence-electron chi connectivity index (χ4n) is 2.34. The molecule has 2 aliphatic carbocycles. The monoisotopic (exact) mass is 169 g/mol. The van der Waals surface area contributed by atoms with Crippen LogP contribution in [0, 0.1) is 5.41 Å². The number of nitrogens with one attached hydrogen (secondary N) is 1. The molecule has 4 nitrogen and oxygen atoms in total. The van der Waals surface area contributed by atoms with Crippen LogP contribution < -0.4 is 5.32 Å². The molecule has 0 atom stereocenters. The molecule has 2 rings (SSSR count). The molecule has 0 aliphatic heterocycles. The number of Topliss-reactive ketones (excluding diaryl/α,β-unsaturated/α-hetero) is 1. The van der Waals surface area contributed by atoms with E-state index in [9.17, 15) is 9.59 Å². The molecule has 1 spiro atoms. The van der Waals surface area contributed by atoms with Crippen LogP contribution in [0.25, 0.3) is 0 Å².